The molecule has 0 aromatic heterocycles. The fraction of sp³-hybridized carbons (Fsp3) is 0.467. The number of rotatable bonds is 4. The van der Waals surface area contributed by atoms with Crippen molar-refractivity contribution >= 4 is 42.3 Å². The summed E-state index contributed by atoms with van der Waals surface area (Å²) in [5.41, 5.74) is 4.16. The number of hydrogen-bond donors (Lipinski definition) is 2. The number of halogens is 5. The Morgan fingerprint density at radius 3 is 2.19 bits per heavy atom. The van der Waals surface area contributed by atoms with E-state index >= 15 is 0 Å². The molecular formula is C15H21Cl2F3N4O2. The van der Waals surface area contributed by atoms with Crippen molar-refractivity contribution in [2.24, 2.45) is 5.73 Å². The smallest absolute Gasteiger partial charge is 0.339 e. The van der Waals surface area contributed by atoms with E-state index in [0.717, 1.165) is 6.07 Å². The largest absolute Gasteiger partial charge is 0.418 e. The van der Waals surface area contributed by atoms with E-state index in [4.69, 9.17) is 5.73 Å². The Kier molecular flexibility index (Phi) is 9.93. The van der Waals surface area contributed by atoms with Crippen molar-refractivity contribution in [1.29, 1.82) is 0 Å². The minimum atomic E-state index is -4.53. The van der Waals surface area contributed by atoms with Crippen LogP contribution >= 0.6 is 24.8 Å². The summed E-state index contributed by atoms with van der Waals surface area (Å²) >= 11 is 0. The molecule has 0 aliphatic carbocycles. The van der Waals surface area contributed by atoms with Crippen LogP contribution in [0.4, 0.5) is 18.9 Å². The number of piperazine rings is 1. The van der Waals surface area contributed by atoms with Gasteiger partial charge in [0.05, 0.1) is 24.3 Å². The predicted molar refractivity (Wildman–Crippen MR) is 96.6 cm³/mol. The number of hydrogen-bond acceptors (Lipinski definition) is 4. The Morgan fingerprint density at radius 1 is 1.08 bits per heavy atom. The summed E-state index contributed by atoms with van der Waals surface area (Å²) in [5, 5.41) is 2.31. The van der Waals surface area contributed by atoms with Crippen LogP contribution in [0, 0.1) is 0 Å². The Hall–Kier alpha value is -1.55. The van der Waals surface area contributed by atoms with E-state index in [1.54, 1.807) is 9.80 Å². The summed E-state index contributed by atoms with van der Waals surface area (Å²) in [6.45, 7) is 1.75. The molecule has 1 aliphatic heterocycles. The molecule has 0 bridgehead atoms. The summed E-state index contributed by atoms with van der Waals surface area (Å²) < 4.78 is 38.7. The number of nitrogens with zero attached hydrogens (tertiary/aromatic N) is 2. The van der Waals surface area contributed by atoms with E-state index in [9.17, 15) is 22.8 Å². The number of carbonyl (C=O) groups excluding carboxylic acids is 2. The highest BCUT2D eigenvalue weighted by Gasteiger charge is 2.33. The molecule has 0 atom stereocenters. The van der Waals surface area contributed by atoms with E-state index in [0.29, 0.717) is 26.2 Å². The molecule has 1 saturated heterocycles. The van der Waals surface area contributed by atoms with Gasteiger partial charge < -0.3 is 16.0 Å². The van der Waals surface area contributed by atoms with Gasteiger partial charge >= 0.3 is 6.18 Å². The lowest BCUT2D eigenvalue weighted by atomic mass is 10.1. The molecule has 26 heavy (non-hydrogen) atoms. The normalized spacial score (nSPS) is 14.8. The lowest BCUT2D eigenvalue weighted by Gasteiger charge is -2.34. The van der Waals surface area contributed by atoms with Gasteiger partial charge in [0, 0.05) is 26.2 Å². The zero-order valence-electron chi connectivity index (χ0n) is 13.8. The molecule has 2 amide bonds. The molecule has 0 radical (unpaired) electrons. The second-order valence-corrected chi connectivity index (χ2v) is 5.45. The van der Waals surface area contributed by atoms with Gasteiger partial charge in [-0.2, -0.15) is 13.2 Å². The Balaban J connectivity index is 0.00000312. The second-order valence-electron chi connectivity index (χ2n) is 5.45. The van der Waals surface area contributed by atoms with E-state index in [1.165, 1.54) is 18.2 Å². The topological polar surface area (TPSA) is 78.7 Å². The Morgan fingerprint density at radius 2 is 1.65 bits per heavy atom. The first-order valence-electron chi connectivity index (χ1n) is 7.47. The maximum atomic E-state index is 12.9. The predicted octanol–water partition coefficient (Wildman–Crippen LogP) is 1.59. The minimum absolute atomic E-state index is 0. The van der Waals surface area contributed by atoms with Gasteiger partial charge in [0.25, 0.3) is 0 Å². The molecule has 0 spiro atoms. The zero-order valence-corrected chi connectivity index (χ0v) is 15.4. The van der Waals surface area contributed by atoms with E-state index in [1.807, 2.05) is 0 Å². The molecule has 1 aliphatic rings. The summed E-state index contributed by atoms with van der Waals surface area (Å²) in [6.07, 6.45) is -4.53. The number of nitrogens with two attached hydrogens (primary N) is 1. The molecule has 148 valence electrons. The first-order chi connectivity index (χ1) is 11.3. The number of benzene rings is 1. The van der Waals surface area contributed by atoms with Crippen LogP contribution < -0.4 is 11.1 Å². The molecule has 11 heteroatoms. The zero-order chi connectivity index (χ0) is 17.7. The van der Waals surface area contributed by atoms with Crippen molar-refractivity contribution in [3.63, 3.8) is 0 Å². The average molecular weight is 417 g/mol. The summed E-state index contributed by atoms with van der Waals surface area (Å²) in [7, 11) is 0. The standard InChI is InChI=1S/C15H19F3N4O2.2ClH/c16-15(17,18)11-3-1-2-4-12(11)20-13(23)10-21-5-7-22(8-6-21)14(24)9-19;;/h1-4H,5-10,19H2,(H,20,23);2*1H. The Labute approximate surface area is 161 Å². The van der Waals surface area contributed by atoms with Crippen molar-refractivity contribution in [2.45, 2.75) is 6.18 Å². The van der Waals surface area contributed by atoms with Crippen molar-refractivity contribution < 1.29 is 22.8 Å². The highest BCUT2D eigenvalue weighted by molar-refractivity contribution is 5.93. The SMILES string of the molecule is Cl.Cl.NCC(=O)N1CCN(CC(=O)Nc2ccccc2C(F)(F)F)CC1. The van der Waals surface area contributed by atoms with Crippen LogP contribution in [0.1, 0.15) is 5.56 Å². The maximum absolute atomic E-state index is 12.9. The molecule has 0 saturated carbocycles. The van der Waals surface area contributed by atoms with Gasteiger partial charge in [0.15, 0.2) is 0 Å². The summed E-state index contributed by atoms with van der Waals surface area (Å²) in [6, 6.07) is 4.85. The van der Waals surface area contributed by atoms with Crippen LogP contribution in [0.3, 0.4) is 0 Å². The minimum Gasteiger partial charge on any atom is -0.339 e. The van der Waals surface area contributed by atoms with Crippen LogP contribution in [-0.4, -0.2) is 60.9 Å². The fourth-order valence-corrected chi connectivity index (χ4v) is 2.52. The number of amides is 2. The maximum Gasteiger partial charge on any atom is 0.418 e. The van der Waals surface area contributed by atoms with Crippen LogP contribution in [0.2, 0.25) is 0 Å². The number of para-hydroxylation sites is 1. The van der Waals surface area contributed by atoms with Gasteiger partial charge in [0.2, 0.25) is 11.8 Å². The number of nitrogens with one attached hydrogen (secondary N) is 1. The quantitative estimate of drug-likeness (QED) is 0.780. The monoisotopic (exact) mass is 416 g/mol. The van der Waals surface area contributed by atoms with Crippen molar-refractivity contribution in [3.8, 4) is 0 Å². The van der Waals surface area contributed by atoms with Gasteiger partial charge in [-0.25, -0.2) is 0 Å². The average Bonchev–Trinajstić information content (AvgIpc) is 2.54. The number of alkyl halides is 3. The van der Waals surface area contributed by atoms with Crippen LogP contribution in [0.25, 0.3) is 0 Å². The Bertz CT molecular complexity index is 609. The molecule has 1 aromatic rings. The molecule has 2 rings (SSSR count). The van der Waals surface area contributed by atoms with Crippen molar-refractivity contribution in [2.75, 3.05) is 44.6 Å². The second kappa shape index (κ2) is 10.6. The fourth-order valence-electron chi connectivity index (χ4n) is 2.52. The van der Waals surface area contributed by atoms with Gasteiger partial charge in [-0.05, 0) is 12.1 Å². The first-order valence-corrected chi connectivity index (χ1v) is 7.47. The molecular weight excluding hydrogens is 396 g/mol. The lowest BCUT2D eigenvalue weighted by Crippen LogP contribution is -2.51. The highest BCUT2D eigenvalue weighted by atomic mass is 35.5. The van der Waals surface area contributed by atoms with Crippen LogP contribution in [-0.2, 0) is 15.8 Å². The van der Waals surface area contributed by atoms with E-state index in [-0.39, 0.29) is 49.5 Å². The third-order valence-electron chi connectivity index (χ3n) is 3.77. The summed E-state index contributed by atoms with van der Waals surface area (Å²) in [5.74, 6) is -0.677. The van der Waals surface area contributed by atoms with Crippen molar-refractivity contribution in [1.82, 2.24) is 9.80 Å². The van der Waals surface area contributed by atoms with Crippen LogP contribution in [0.15, 0.2) is 24.3 Å². The first kappa shape index (κ1) is 24.5. The van der Waals surface area contributed by atoms with Gasteiger partial charge in [-0.3, -0.25) is 14.5 Å². The van der Waals surface area contributed by atoms with Gasteiger partial charge in [-0.1, -0.05) is 12.1 Å². The van der Waals surface area contributed by atoms with Crippen molar-refractivity contribution in [3.05, 3.63) is 29.8 Å². The molecule has 0 unspecified atom stereocenters. The van der Waals surface area contributed by atoms with E-state index in [2.05, 4.69) is 5.32 Å². The third kappa shape index (κ3) is 6.64. The van der Waals surface area contributed by atoms with E-state index < -0.39 is 17.6 Å². The summed E-state index contributed by atoms with van der Waals surface area (Å²) in [4.78, 5) is 26.9. The lowest BCUT2D eigenvalue weighted by molar-refractivity contribution is -0.137. The molecule has 1 aromatic carbocycles. The molecule has 6 nitrogen and oxygen atoms in total. The molecule has 1 fully saturated rings. The molecule has 3 N–H and O–H groups in total. The third-order valence-corrected chi connectivity index (χ3v) is 3.77. The molecule has 1 heterocycles. The van der Waals surface area contributed by atoms with Gasteiger partial charge in [0.1, 0.15) is 0 Å². The van der Waals surface area contributed by atoms with Gasteiger partial charge in [-0.15, -0.1) is 24.8 Å². The van der Waals surface area contributed by atoms with Crippen LogP contribution in [0.5, 0.6) is 0 Å². The number of anilines is 1. The number of carbonyl (C=O) groups is 2. The highest BCUT2D eigenvalue weighted by Crippen LogP contribution is 2.34.